The first kappa shape index (κ1) is 19.2. The van der Waals surface area contributed by atoms with Crippen LogP contribution in [0, 0.1) is 18.8 Å². The molecule has 0 fully saturated rings. The van der Waals surface area contributed by atoms with Crippen LogP contribution in [-0.2, 0) is 12.3 Å². The zero-order chi connectivity index (χ0) is 16.2. The summed E-state index contributed by atoms with van der Waals surface area (Å²) in [7, 11) is 1.95. The van der Waals surface area contributed by atoms with Crippen molar-refractivity contribution in [3.63, 3.8) is 0 Å². The third kappa shape index (κ3) is 7.99. The van der Waals surface area contributed by atoms with Crippen molar-refractivity contribution in [2.24, 2.45) is 0 Å². The van der Waals surface area contributed by atoms with E-state index >= 15 is 0 Å². The fourth-order valence-electron chi connectivity index (χ4n) is 1.63. The van der Waals surface area contributed by atoms with Gasteiger partial charge in [0, 0.05) is 35.9 Å². The van der Waals surface area contributed by atoms with E-state index in [1.807, 2.05) is 25.7 Å². The van der Waals surface area contributed by atoms with E-state index < -0.39 is 0 Å². The van der Waals surface area contributed by atoms with E-state index in [1.54, 1.807) is 11.3 Å². The Bertz CT molecular complexity index is 517. The van der Waals surface area contributed by atoms with Crippen LogP contribution in [0.4, 0.5) is 0 Å². The highest BCUT2D eigenvalue weighted by atomic mass is 32.2. The maximum absolute atomic E-state index is 5.18. The van der Waals surface area contributed by atoms with E-state index in [2.05, 4.69) is 39.7 Å². The molecular formula is C15H24N4S3. The molecule has 1 heterocycles. The number of hydrogen-bond donors (Lipinski definition) is 3. The molecule has 0 atom stereocenters. The van der Waals surface area contributed by atoms with Gasteiger partial charge in [0.15, 0.2) is 5.11 Å². The quantitative estimate of drug-likeness (QED) is 0.377. The largest absolute Gasteiger partial charge is 0.362 e. The zero-order valence-corrected chi connectivity index (χ0v) is 15.9. The summed E-state index contributed by atoms with van der Waals surface area (Å²) in [4.78, 5) is 5.97. The summed E-state index contributed by atoms with van der Waals surface area (Å²) in [6.07, 6.45) is 0.880. The Morgan fingerprint density at radius 3 is 2.91 bits per heavy atom. The molecule has 0 bridgehead atoms. The number of thioether (sulfide) groups is 1. The predicted molar refractivity (Wildman–Crippen MR) is 102 cm³/mol. The Balaban J connectivity index is 2.13. The number of hydrogen-bond acceptors (Lipinski definition) is 5. The molecule has 0 saturated carbocycles. The molecule has 1 aromatic rings. The number of thiocarbonyl (C=S) groups is 1. The number of thiazole rings is 1. The molecule has 0 saturated heterocycles. The predicted octanol–water partition coefficient (Wildman–Crippen LogP) is 2.28. The Labute approximate surface area is 147 Å². The molecule has 3 N–H and O–H groups in total. The summed E-state index contributed by atoms with van der Waals surface area (Å²) in [5, 5.41) is 11.2. The van der Waals surface area contributed by atoms with Gasteiger partial charge in [0.25, 0.3) is 0 Å². The molecule has 122 valence electrons. The van der Waals surface area contributed by atoms with E-state index in [0.717, 1.165) is 36.0 Å². The van der Waals surface area contributed by atoms with Crippen LogP contribution in [-0.4, -0.2) is 36.0 Å². The number of rotatable bonds is 8. The van der Waals surface area contributed by atoms with Gasteiger partial charge in [-0.25, -0.2) is 4.98 Å². The van der Waals surface area contributed by atoms with E-state index in [4.69, 9.17) is 12.2 Å². The third-order valence-corrected chi connectivity index (χ3v) is 4.95. The Hall–Kier alpha value is -0.810. The van der Waals surface area contributed by atoms with Crippen LogP contribution >= 0.6 is 35.3 Å². The Morgan fingerprint density at radius 2 is 2.18 bits per heavy atom. The zero-order valence-electron chi connectivity index (χ0n) is 13.4. The van der Waals surface area contributed by atoms with E-state index in [0.29, 0.717) is 11.7 Å². The first-order valence-electron chi connectivity index (χ1n) is 7.32. The van der Waals surface area contributed by atoms with Crippen LogP contribution in [0.1, 0.15) is 28.9 Å². The molecule has 1 aromatic heterocycles. The molecule has 22 heavy (non-hydrogen) atoms. The van der Waals surface area contributed by atoms with Crippen molar-refractivity contribution in [3.05, 3.63) is 15.6 Å². The molecule has 0 amide bonds. The van der Waals surface area contributed by atoms with E-state index in [-0.39, 0.29) is 0 Å². The number of nitrogens with one attached hydrogen (secondary N) is 3. The molecule has 0 aliphatic rings. The van der Waals surface area contributed by atoms with Gasteiger partial charge in [0.1, 0.15) is 5.01 Å². The van der Waals surface area contributed by atoms with Gasteiger partial charge >= 0.3 is 0 Å². The second kappa shape index (κ2) is 11.7. The topological polar surface area (TPSA) is 49.0 Å². The molecule has 0 spiro atoms. The highest BCUT2D eigenvalue weighted by Gasteiger charge is 2.06. The first-order chi connectivity index (χ1) is 10.7. The molecule has 0 radical (unpaired) electrons. The highest BCUT2D eigenvalue weighted by molar-refractivity contribution is 7.98. The van der Waals surface area contributed by atoms with E-state index in [1.165, 1.54) is 10.6 Å². The molecule has 0 aromatic carbocycles. The summed E-state index contributed by atoms with van der Waals surface area (Å²) in [6.45, 7) is 6.48. The van der Waals surface area contributed by atoms with Gasteiger partial charge in [-0.3, -0.25) is 0 Å². The van der Waals surface area contributed by atoms with Gasteiger partial charge in [0.2, 0.25) is 0 Å². The molecule has 0 aliphatic heterocycles. The highest BCUT2D eigenvalue weighted by Crippen LogP contribution is 2.21. The standard InChI is InChI=1S/C15H24N4S3/c1-4-5-6-7-17-15(20)18-8-9-21-11-13-12(2)22-14(19-13)10-16-3/h16H,4,7-11H2,1-3H3,(H2,17,18,20). The molecular weight excluding hydrogens is 332 g/mol. The summed E-state index contributed by atoms with van der Waals surface area (Å²) in [5.41, 5.74) is 1.20. The second-order valence-corrected chi connectivity index (χ2v) is 7.31. The smallest absolute Gasteiger partial charge is 0.167 e. The summed E-state index contributed by atoms with van der Waals surface area (Å²) < 4.78 is 0. The van der Waals surface area contributed by atoms with Crippen molar-refractivity contribution in [2.75, 3.05) is 25.9 Å². The fourth-order valence-corrected chi connectivity index (χ4v) is 3.72. The average molecular weight is 357 g/mol. The Morgan fingerprint density at radius 1 is 1.36 bits per heavy atom. The van der Waals surface area contributed by atoms with Gasteiger partial charge in [0.05, 0.1) is 12.2 Å². The van der Waals surface area contributed by atoms with Gasteiger partial charge < -0.3 is 16.0 Å². The van der Waals surface area contributed by atoms with Crippen molar-refractivity contribution in [1.82, 2.24) is 20.9 Å². The van der Waals surface area contributed by atoms with Crippen LogP contribution in [0.5, 0.6) is 0 Å². The van der Waals surface area contributed by atoms with Crippen LogP contribution in [0.25, 0.3) is 0 Å². The van der Waals surface area contributed by atoms with Crippen molar-refractivity contribution in [1.29, 1.82) is 0 Å². The summed E-state index contributed by atoms with van der Waals surface area (Å²) >= 11 is 8.83. The maximum atomic E-state index is 5.18. The number of aryl methyl sites for hydroxylation is 1. The third-order valence-electron chi connectivity index (χ3n) is 2.67. The number of aromatic nitrogens is 1. The van der Waals surface area contributed by atoms with Gasteiger partial charge in [-0.2, -0.15) is 11.8 Å². The lowest BCUT2D eigenvalue weighted by molar-refractivity contribution is 0.806. The van der Waals surface area contributed by atoms with Crippen LogP contribution in [0.15, 0.2) is 0 Å². The van der Waals surface area contributed by atoms with Gasteiger partial charge in [-0.1, -0.05) is 12.8 Å². The minimum Gasteiger partial charge on any atom is -0.362 e. The SMILES string of the molecule is CCC#CCNC(=S)NCCSCc1nc(CNC)sc1C. The monoisotopic (exact) mass is 356 g/mol. The number of nitrogens with zero attached hydrogens (tertiary/aromatic N) is 1. The average Bonchev–Trinajstić information content (AvgIpc) is 2.84. The van der Waals surface area contributed by atoms with Crippen molar-refractivity contribution >= 4 is 40.4 Å². The van der Waals surface area contributed by atoms with E-state index in [9.17, 15) is 0 Å². The lowest BCUT2D eigenvalue weighted by Gasteiger charge is -2.07. The van der Waals surface area contributed by atoms with Crippen LogP contribution < -0.4 is 16.0 Å². The molecule has 4 nitrogen and oxygen atoms in total. The summed E-state index contributed by atoms with van der Waals surface area (Å²) in [5.74, 6) is 7.96. The molecule has 0 unspecified atom stereocenters. The minimum atomic E-state index is 0.610. The van der Waals surface area contributed by atoms with Gasteiger partial charge in [-0.15, -0.1) is 17.3 Å². The molecule has 0 aliphatic carbocycles. The van der Waals surface area contributed by atoms with Crippen LogP contribution in [0.3, 0.4) is 0 Å². The summed E-state index contributed by atoms with van der Waals surface area (Å²) in [6, 6.07) is 0. The van der Waals surface area contributed by atoms with Crippen molar-refractivity contribution in [3.8, 4) is 11.8 Å². The second-order valence-electron chi connectivity index (χ2n) is 4.51. The normalized spacial score (nSPS) is 9.95. The van der Waals surface area contributed by atoms with Crippen molar-refractivity contribution < 1.29 is 0 Å². The molecule has 1 rings (SSSR count). The maximum Gasteiger partial charge on any atom is 0.167 e. The Kier molecular flexibility index (Phi) is 10.2. The van der Waals surface area contributed by atoms with Crippen LogP contribution in [0.2, 0.25) is 0 Å². The van der Waals surface area contributed by atoms with Gasteiger partial charge in [-0.05, 0) is 26.2 Å². The van der Waals surface area contributed by atoms with Crippen molar-refractivity contribution in [2.45, 2.75) is 32.6 Å². The minimum absolute atomic E-state index is 0.610. The lowest BCUT2D eigenvalue weighted by Crippen LogP contribution is -2.36. The lowest BCUT2D eigenvalue weighted by atomic mass is 10.4. The first-order valence-corrected chi connectivity index (χ1v) is 9.70. The fraction of sp³-hybridized carbons (Fsp3) is 0.600. The molecule has 7 heteroatoms.